The minimum absolute atomic E-state index is 0.241. The molecule has 35 heavy (non-hydrogen) atoms. The van der Waals surface area contributed by atoms with Crippen molar-refractivity contribution in [3.8, 4) is 23.0 Å². The number of phenols is 2. The number of hydrogen-bond acceptors (Lipinski definition) is 11. The average molecular weight is 492 g/mol. The number of methoxy groups -OCH3 is 2. The molecule has 12 nitrogen and oxygen atoms in total. The first-order chi connectivity index (χ1) is 16.4. The summed E-state index contributed by atoms with van der Waals surface area (Å²) in [6.07, 6.45) is -8.02. The highest BCUT2D eigenvalue weighted by Gasteiger charge is 2.73. The van der Waals surface area contributed by atoms with Crippen LogP contribution in [0.1, 0.15) is 27.1 Å². The fourth-order valence-corrected chi connectivity index (χ4v) is 4.39. The summed E-state index contributed by atoms with van der Waals surface area (Å²) in [5.74, 6) is -6.28. The molecule has 12 heteroatoms. The Morgan fingerprint density at radius 1 is 0.857 bits per heavy atom. The third-order valence-corrected chi connectivity index (χ3v) is 6.27. The molecule has 2 aromatic rings. The van der Waals surface area contributed by atoms with Crippen LogP contribution >= 0.6 is 0 Å². The van der Waals surface area contributed by atoms with Crippen LogP contribution in [0.4, 0.5) is 0 Å². The van der Waals surface area contributed by atoms with E-state index in [4.69, 9.17) is 9.47 Å². The van der Waals surface area contributed by atoms with Gasteiger partial charge in [0.2, 0.25) is 0 Å². The summed E-state index contributed by atoms with van der Waals surface area (Å²) >= 11 is 0. The van der Waals surface area contributed by atoms with E-state index in [0.717, 1.165) is 50.6 Å². The SMILES string of the molecule is COc1cc(C(=O)C2(C(=O)c3ccc(O)c(OC)c3)[C@@H](O)C(O)[C@H](O)CC2(O)C(=O)O)ccc1O. The number of Topliss-reactive ketones (excluding diaryl/α,β-unsaturated/α-hetero) is 2. The Bertz CT molecular complexity index is 1110. The van der Waals surface area contributed by atoms with Gasteiger partial charge in [0.25, 0.3) is 0 Å². The predicted molar refractivity (Wildman–Crippen MR) is 116 cm³/mol. The van der Waals surface area contributed by atoms with Crippen LogP contribution in [-0.4, -0.2) is 91.4 Å². The number of ketones is 2. The van der Waals surface area contributed by atoms with Crippen molar-refractivity contribution in [3.63, 3.8) is 0 Å². The number of aliphatic hydroxyl groups is 4. The fourth-order valence-electron chi connectivity index (χ4n) is 4.39. The van der Waals surface area contributed by atoms with E-state index in [0.29, 0.717) is 0 Å². The number of rotatable bonds is 7. The number of benzene rings is 2. The van der Waals surface area contributed by atoms with Gasteiger partial charge in [-0.3, -0.25) is 9.59 Å². The molecule has 0 saturated heterocycles. The minimum atomic E-state index is -3.41. The second-order valence-corrected chi connectivity index (χ2v) is 8.11. The number of carboxylic acid groups (broad SMARTS) is 1. The van der Waals surface area contributed by atoms with Crippen molar-refractivity contribution in [3.05, 3.63) is 47.5 Å². The van der Waals surface area contributed by atoms with Crippen LogP contribution in [0.25, 0.3) is 0 Å². The van der Waals surface area contributed by atoms with Crippen LogP contribution in [0.3, 0.4) is 0 Å². The maximum atomic E-state index is 13.9. The van der Waals surface area contributed by atoms with E-state index in [2.05, 4.69) is 0 Å². The summed E-state index contributed by atoms with van der Waals surface area (Å²) in [5.41, 5.74) is -7.61. The fraction of sp³-hybridized carbons (Fsp3) is 0.348. The molecule has 188 valence electrons. The number of phenolic OH excluding ortho intramolecular Hbond substituents is 2. The van der Waals surface area contributed by atoms with Crippen molar-refractivity contribution in [1.29, 1.82) is 0 Å². The Hall–Kier alpha value is -3.71. The molecule has 1 aliphatic rings. The maximum absolute atomic E-state index is 13.9. The first kappa shape index (κ1) is 25.9. The topological polar surface area (TPSA) is 211 Å². The molecular weight excluding hydrogens is 468 g/mol. The van der Waals surface area contributed by atoms with Crippen LogP contribution in [0.15, 0.2) is 36.4 Å². The standard InChI is InChI=1S/C23H24O12/c1-34-15-7-10(3-5-12(15)24)18(28)23(19(29)11-4-6-13(25)16(8-11)35-2)20(30)17(27)14(26)9-22(23,33)21(31)32/h3-8,14,17,20,24-27,30,33H,9H2,1-2H3,(H,31,32)/t14-,17?,20+,22?/m1/s1. The number of carbonyl (C=O) groups excluding carboxylic acids is 2. The normalized spacial score (nSPS) is 25.5. The summed E-state index contributed by atoms with van der Waals surface area (Å²) in [4.78, 5) is 40.1. The molecule has 0 heterocycles. The molecule has 1 fully saturated rings. The Morgan fingerprint density at radius 2 is 1.29 bits per heavy atom. The first-order valence-electron chi connectivity index (χ1n) is 10.2. The maximum Gasteiger partial charge on any atom is 0.337 e. The summed E-state index contributed by atoms with van der Waals surface area (Å²) in [6.45, 7) is 0. The zero-order valence-corrected chi connectivity index (χ0v) is 18.6. The summed E-state index contributed by atoms with van der Waals surface area (Å²) in [7, 11) is 2.33. The van der Waals surface area contributed by atoms with Gasteiger partial charge in [-0.05, 0) is 36.4 Å². The van der Waals surface area contributed by atoms with E-state index in [1.807, 2.05) is 0 Å². The van der Waals surface area contributed by atoms with Crippen LogP contribution < -0.4 is 9.47 Å². The van der Waals surface area contributed by atoms with Crippen molar-refractivity contribution in [1.82, 2.24) is 0 Å². The Kier molecular flexibility index (Phi) is 6.77. The molecule has 1 aliphatic carbocycles. The van der Waals surface area contributed by atoms with Crippen molar-refractivity contribution in [2.75, 3.05) is 14.2 Å². The van der Waals surface area contributed by atoms with Gasteiger partial charge >= 0.3 is 5.97 Å². The number of ether oxygens (including phenoxy) is 2. The third kappa shape index (κ3) is 3.76. The molecule has 0 aromatic heterocycles. The molecule has 2 unspecified atom stereocenters. The Labute approximate surface area is 198 Å². The number of carboxylic acids is 1. The molecule has 2 aromatic carbocycles. The Balaban J connectivity index is 2.39. The van der Waals surface area contributed by atoms with Gasteiger partial charge in [-0.15, -0.1) is 0 Å². The molecule has 1 saturated carbocycles. The van der Waals surface area contributed by atoms with Gasteiger partial charge in [0.05, 0.1) is 20.3 Å². The van der Waals surface area contributed by atoms with E-state index in [-0.39, 0.29) is 11.5 Å². The molecule has 4 atom stereocenters. The van der Waals surface area contributed by atoms with Gasteiger partial charge in [0, 0.05) is 17.5 Å². The molecular formula is C23H24O12. The monoisotopic (exact) mass is 492 g/mol. The van der Waals surface area contributed by atoms with Crippen molar-refractivity contribution < 1.29 is 59.6 Å². The van der Waals surface area contributed by atoms with Crippen LogP contribution in [0.5, 0.6) is 23.0 Å². The van der Waals surface area contributed by atoms with E-state index in [1.165, 1.54) is 0 Å². The quantitative estimate of drug-likeness (QED) is 0.192. The Morgan fingerprint density at radius 3 is 1.66 bits per heavy atom. The predicted octanol–water partition coefficient (Wildman–Crippen LogP) is -0.531. The summed E-state index contributed by atoms with van der Waals surface area (Å²) in [6, 6.07) is 5.92. The van der Waals surface area contributed by atoms with Gasteiger partial charge in [-0.1, -0.05) is 0 Å². The number of carbonyl (C=O) groups is 3. The largest absolute Gasteiger partial charge is 0.504 e. The second kappa shape index (κ2) is 9.15. The molecule has 0 amide bonds. The lowest BCUT2D eigenvalue weighted by Crippen LogP contribution is -2.75. The van der Waals surface area contributed by atoms with E-state index < -0.39 is 75.9 Å². The highest BCUT2D eigenvalue weighted by atomic mass is 16.5. The third-order valence-electron chi connectivity index (χ3n) is 6.27. The number of hydrogen-bond donors (Lipinski definition) is 7. The average Bonchev–Trinajstić information content (AvgIpc) is 2.83. The van der Waals surface area contributed by atoms with E-state index in [1.54, 1.807) is 0 Å². The molecule has 0 aliphatic heterocycles. The molecule has 0 bridgehead atoms. The minimum Gasteiger partial charge on any atom is -0.504 e. The smallest absolute Gasteiger partial charge is 0.337 e. The van der Waals surface area contributed by atoms with E-state index >= 15 is 0 Å². The van der Waals surface area contributed by atoms with Gasteiger partial charge in [-0.25, -0.2) is 4.79 Å². The zero-order chi connectivity index (χ0) is 26.3. The van der Waals surface area contributed by atoms with Crippen LogP contribution in [-0.2, 0) is 4.79 Å². The van der Waals surface area contributed by atoms with Gasteiger partial charge in [0.15, 0.2) is 45.6 Å². The van der Waals surface area contributed by atoms with Crippen LogP contribution in [0, 0.1) is 5.41 Å². The van der Waals surface area contributed by atoms with Gasteiger partial charge < -0.3 is 45.2 Å². The number of aliphatic carboxylic acids is 1. The second-order valence-electron chi connectivity index (χ2n) is 8.11. The summed E-state index contributed by atoms with van der Waals surface area (Å²) in [5, 5.41) is 72.6. The highest BCUT2D eigenvalue weighted by molar-refractivity contribution is 6.24. The number of aliphatic hydroxyl groups excluding tert-OH is 3. The van der Waals surface area contributed by atoms with E-state index in [9.17, 15) is 50.1 Å². The van der Waals surface area contributed by atoms with Gasteiger partial charge in [-0.2, -0.15) is 0 Å². The molecule has 0 spiro atoms. The van der Waals surface area contributed by atoms with Gasteiger partial charge in [0.1, 0.15) is 12.2 Å². The molecule has 3 rings (SSSR count). The summed E-state index contributed by atoms with van der Waals surface area (Å²) < 4.78 is 9.89. The zero-order valence-electron chi connectivity index (χ0n) is 18.6. The molecule has 7 N–H and O–H groups in total. The number of aromatic hydroxyl groups is 2. The molecule has 0 radical (unpaired) electrons. The first-order valence-corrected chi connectivity index (χ1v) is 10.2. The lowest BCUT2D eigenvalue weighted by Gasteiger charge is -2.51. The van der Waals surface area contributed by atoms with Crippen molar-refractivity contribution in [2.45, 2.75) is 30.3 Å². The van der Waals surface area contributed by atoms with Crippen molar-refractivity contribution >= 4 is 17.5 Å². The highest BCUT2D eigenvalue weighted by Crippen LogP contribution is 2.50. The van der Waals surface area contributed by atoms with Crippen molar-refractivity contribution in [2.24, 2.45) is 5.41 Å². The van der Waals surface area contributed by atoms with Crippen LogP contribution in [0.2, 0.25) is 0 Å². The lowest BCUT2D eigenvalue weighted by atomic mass is 9.53. The lowest BCUT2D eigenvalue weighted by molar-refractivity contribution is -0.216.